The van der Waals surface area contributed by atoms with Crippen molar-refractivity contribution >= 4 is 11.8 Å². The van der Waals surface area contributed by atoms with E-state index in [1.807, 2.05) is 26.0 Å². The molecule has 0 heterocycles. The largest absolute Gasteiger partial charge is 0.463 e. The van der Waals surface area contributed by atoms with Crippen molar-refractivity contribution in [1.82, 2.24) is 0 Å². The number of unbranched alkanes of at least 4 members (excludes halogenated alkanes) is 1. The van der Waals surface area contributed by atoms with Gasteiger partial charge in [-0.15, -0.1) is 0 Å². The minimum Gasteiger partial charge on any atom is -0.463 e. The molecule has 2 atom stereocenters. The van der Waals surface area contributed by atoms with Crippen LogP contribution < -0.4 is 0 Å². The van der Waals surface area contributed by atoms with E-state index in [9.17, 15) is 14.7 Å². The highest BCUT2D eigenvalue weighted by atomic mass is 16.5. The van der Waals surface area contributed by atoms with Gasteiger partial charge in [-0.25, -0.2) is 0 Å². The van der Waals surface area contributed by atoms with Gasteiger partial charge in [-0.1, -0.05) is 18.2 Å². The van der Waals surface area contributed by atoms with Crippen LogP contribution in [0.3, 0.4) is 0 Å². The molecule has 0 bridgehead atoms. The van der Waals surface area contributed by atoms with Crippen LogP contribution in [0.2, 0.25) is 0 Å². The average molecular weight is 266 g/mol. The molecule has 1 aliphatic rings. The van der Waals surface area contributed by atoms with Crippen LogP contribution in [-0.2, 0) is 14.3 Å². The molecule has 4 heteroatoms. The molecule has 0 aromatic rings. The summed E-state index contributed by atoms with van der Waals surface area (Å²) in [4.78, 5) is 22.6. The monoisotopic (exact) mass is 266 g/mol. The fourth-order valence-corrected chi connectivity index (χ4v) is 1.92. The van der Waals surface area contributed by atoms with Crippen molar-refractivity contribution in [3.63, 3.8) is 0 Å². The zero-order chi connectivity index (χ0) is 14.3. The second-order valence-electron chi connectivity index (χ2n) is 5.00. The van der Waals surface area contributed by atoms with Crippen LogP contribution in [0.15, 0.2) is 24.3 Å². The normalized spacial score (nSPS) is 22.6. The predicted molar refractivity (Wildman–Crippen MR) is 72.5 cm³/mol. The molecule has 0 radical (unpaired) electrons. The molecule has 0 fully saturated rings. The molecule has 1 aliphatic carbocycles. The molecule has 0 amide bonds. The minimum atomic E-state index is -0.654. The number of carbonyl (C=O) groups is 2. The minimum absolute atomic E-state index is 0.0161. The molecule has 1 N–H and O–H groups in total. The van der Waals surface area contributed by atoms with Crippen LogP contribution in [0.4, 0.5) is 0 Å². The summed E-state index contributed by atoms with van der Waals surface area (Å²) >= 11 is 0. The molecule has 0 saturated carbocycles. The van der Waals surface area contributed by atoms with Gasteiger partial charge in [0.15, 0.2) is 5.78 Å². The van der Waals surface area contributed by atoms with Crippen molar-refractivity contribution < 1.29 is 19.4 Å². The highest BCUT2D eigenvalue weighted by Gasteiger charge is 2.26. The Kier molecular flexibility index (Phi) is 6.50. The number of hydrogen-bond donors (Lipinski definition) is 1. The van der Waals surface area contributed by atoms with Crippen molar-refractivity contribution in [2.24, 2.45) is 5.92 Å². The summed E-state index contributed by atoms with van der Waals surface area (Å²) in [5.41, 5.74) is 0. The number of esters is 1. The van der Waals surface area contributed by atoms with E-state index in [0.29, 0.717) is 12.8 Å². The summed E-state index contributed by atoms with van der Waals surface area (Å²) in [5.74, 6) is -0.520. The summed E-state index contributed by atoms with van der Waals surface area (Å²) in [6.45, 7) is 3.66. The lowest BCUT2D eigenvalue weighted by Gasteiger charge is -2.09. The van der Waals surface area contributed by atoms with Crippen LogP contribution in [0, 0.1) is 5.92 Å². The third-order valence-electron chi connectivity index (χ3n) is 2.91. The fraction of sp³-hybridized carbons (Fsp3) is 0.600. The Morgan fingerprint density at radius 3 is 2.79 bits per heavy atom. The first-order valence-corrected chi connectivity index (χ1v) is 6.75. The lowest BCUT2D eigenvalue weighted by atomic mass is 9.99. The molecule has 19 heavy (non-hydrogen) atoms. The zero-order valence-corrected chi connectivity index (χ0v) is 11.5. The Labute approximate surface area is 114 Å². The Bertz CT molecular complexity index is 368. The fourth-order valence-electron chi connectivity index (χ4n) is 1.92. The number of ketones is 1. The van der Waals surface area contributed by atoms with Gasteiger partial charge < -0.3 is 9.84 Å². The Hall–Kier alpha value is -1.42. The van der Waals surface area contributed by atoms with Gasteiger partial charge >= 0.3 is 5.97 Å². The van der Waals surface area contributed by atoms with E-state index in [0.717, 1.165) is 12.8 Å². The van der Waals surface area contributed by atoms with Crippen molar-refractivity contribution in [2.45, 2.75) is 51.7 Å². The number of carbonyl (C=O) groups excluding carboxylic acids is 2. The molecule has 0 aromatic carbocycles. The smallest absolute Gasteiger partial charge is 0.306 e. The molecule has 0 spiro atoms. The molecule has 2 unspecified atom stereocenters. The summed E-state index contributed by atoms with van der Waals surface area (Å²) < 4.78 is 5.02. The van der Waals surface area contributed by atoms with E-state index < -0.39 is 6.10 Å². The lowest BCUT2D eigenvalue weighted by Crippen LogP contribution is -2.18. The number of ether oxygens (including phenoxy) is 1. The first kappa shape index (κ1) is 15.6. The van der Waals surface area contributed by atoms with Crippen molar-refractivity contribution in [2.75, 3.05) is 0 Å². The van der Waals surface area contributed by atoms with Crippen LogP contribution in [-0.4, -0.2) is 29.1 Å². The number of allylic oxidation sites excluding steroid dienone is 3. The quantitative estimate of drug-likeness (QED) is 0.436. The summed E-state index contributed by atoms with van der Waals surface area (Å²) in [7, 11) is 0. The first-order chi connectivity index (χ1) is 9.00. The molecule has 106 valence electrons. The number of hydrogen-bond acceptors (Lipinski definition) is 4. The topological polar surface area (TPSA) is 63.6 Å². The molecule has 0 aliphatic heterocycles. The van der Waals surface area contributed by atoms with E-state index in [1.54, 1.807) is 0 Å². The van der Waals surface area contributed by atoms with Crippen LogP contribution in [0.5, 0.6) is 0 Å². The SMILES string of the molecule is CC(C)OC(=O)CCCC=CCC1C(=O)C=CC1O. The van der Waals surface area contributed by atoms with Gasteiger partial charge in [0.1, 0.15) is 0 Å². The Balaban J connectivity index is 2.11. The van der Waals surface area contributed by atoms with E-state index in [2.05, 4.69) is 0 Å². The van der Waals surface area contributed by atoms with E-state index in [4.69, 9.17) is 4.74 Å². The van der Waals surface area contributed by atoms with E-state index >= 15 is 0 Å². The molecule has 0 aromatic heterocycles. The Morgan fingerprint density at radius 1 is 1.47 bits per heavy atom. The first-order valence-electron chi connectivity index (χ1n) is 6.75. The Morgan fingerprint density at radius 2 is 2.21 bits per heavy atom. The summed E-state index contributed by atoms with van der Waals surface area (Å²) in [5, 5.41) is 9.52. The van der Waals surface area contributed by atoms with Gasteiger partial charge in [-0.2, -0.15) is 0 Å². The molecular weight excluding hydrogens is 244 g/mol. The standard InChI is InChI=1S/C15H22O4/c1-11(2)19-15(18)8-6-4-3-5-7-12-13(16)9-10-14(12)17/h3,5,9-13,16H,4,6-8H2,1-2H3. The third kappa shape index (κ3) is 5.83. The maximum absolute atomic E-state index is 11.4. The van der Waals surface area contributed by atoms with Crippen LogP contribution in [0.25, 0.3) is 0 Å². The highest BCUT2D eigenvalue weighted by Crippen LogP contribution is 2.19. The van der Waals surface area contributed by atoms with Gasteiger partial charge in [-0.3, -0.25) is 9.59 Å². The van der Waals surface area contributed by atoms with Gasteiger partial charge in [0, 0.05) is 6.42 Å². The van der Waals surface area contributed by atoms with Crippen LogP contribution >= 0.6 is 0 Å². The maximum atomic E-state index is 11.4. The zero-order valence-electron chi connectivity index (χ0n) is 11.5. The molecule has 1 rings (SSSR count). The highest BCUT2D eigenvalue weighted by molar-refractivity contribution is 5.95. The van der Waals surface area contributed by atoms with Gasteiger partial charge in [-0.05, 0) is 39.2 Å². The van der Waals surface area contributed by atoms with Crippen LogP contribution in [0.1, 0.15) is 39.5 Å². The summed E-state index contributed by atoms with van der Waals surface area (Å²) in [6.07, 6.45) is 8.56. The van der Waals surface area contributed by atoms with E-state index in [-0.39, 0.29) is 23.8 Å². The van der Waals surface area contributed by atoms with Gasteiger partial charge in [0.2, 0.25) is 0 Å². The third-order valence-corrected chi connectivity index (χ3v) is 2.91. The number of rotatable bonds is 7. The van der Waals surface area contributed by atoms with Gasteiger partial charge in [0.05, 0.1) is 18.1 Å². The van der Waals surface area contributed by atoms with Crippen molar-refractivity contribution in [1.29, 1.82) is 0 Å². The van der Waals surface area contributed by atoms with E-state index in [1.165, 1.54) is 12.2 Å². The second-order valence-corrected chi connectivity index (χ2v) is 5.00. The van der Waals surface area contributed by atoms with Crippen molar-refractivity contribution in [3.8, 4) is 0 Å². The predicted octanol–water partition coefficient (Wildman–Crippen LogP) is 2.17. The van der Waals surface area contributed by atoms with Crippen molar-refractivity contribution in [3.05, 3.63) is 24.3 Å². The van der Waals surface area contributed by atoms with Gasteiger partial charge in [0.25, 0.3) is 0 Å². The molecule has 4 nitrogen and oxygen atoms in total. The average Bonchev–Trinajstić information content (AvgIpc) is 2.63. The second kappa shape index (κ2) is 7.89. The number of aliphatic hydroxyl groups excluding tert-OH is 1. The lowest BCUT2D eigenvalue weighted by molar-refractivity contribution is -0.147. The molecular formula is C15H22O4. The maximum Gasteiger partial charge on any atom is 0.306 e. The summed E-state index contributed by atoms with van der Waals surface area (Å²) in [6, 6.07) is 0. The number of aliphatic hydroxyl groups is 1. The molecule has 0 saturated heterocycles.